The van der Waals surface area contributed by atoms with E-state index in [0.717, 1.165) is 11.3 Å². The number of aromatic nitrogens is 1. The molecule has 0 spiro atoms. The van der Waals surface area contributed by atoms with Crippen LogP contribution in [0.2, 0.25) is 0 Å². The summed E-state index contributed by atoms with van der Waals surface area (Å²) in [5, 5.41) is 7.56. The molecule has 2 amide bonds. The molecule has 4 N–H and O–H groups in total. The molecule has 7 heteroatoms. The number of nitrogens with one attached hydrogen (secondary N) is 2. The van der Waals surface area contributed by atoms with Gasteiger partial charge in [0.25, 0.3) is 0 Å². The molecule has 0 unspecified atom stereocenters. The van der Waals surface area contributed by atoms with Crippen molar-refractivity contribution in [3.63, 3.8) is 0 Å². The second kappa shape index (κ2) is 7.85. The summed E-state index contributed by atoms with van der Waals surface area (Å²) in [5.41, 5.74) is 7.50. The minimum atomic E-state index is -0.618. The van der Waals surface area contributed by atoms with E-state index >= 15 is 0 Å². The standard InChI is InChI=1S/C16H20N4O2S/c1-10(2)14(17)15(22)18-8-13(21)20-16-19-12(9-23-16)11-6-4-3-5-7-11/h3-7,9-10,14H,8,17H2,1-2H3,(H,18,22)(H,19,20,21)/t14-/m0/s1. The van der Waals surface area contributed by atoms with E-state index in [9.17, 15) is 9.59 Å². The summed E-state index contributed by atoms with van der Waals surface area (Å²) in [7, 11) is 0. The van der Waals surface area contributed by atoms with Gasteiger partial charge in [0.05, 0.1) is 18.3 Å². The number of anilines is 1. The summed E-state index contributed by atoms with van der Waals surface area (Å²) in [4.78, 5) is 27.9. The molecule has 0 aliphatic heterocycles. The second-order valence-electron chi connectivity index (χ2n) is 5.44. The lowest BCUT2D eigenvalue weighted by Gasteiger charge is -2.14. The predicted molar refractivity (Wildman–Crippen MR) is 92.0 cm³/mol. The molecule has 1 heterocycles. The molecular weight excluding hydrogens is 312 g/mol. The summed E-state index contributed by atoms with van der Waals surface area (Å²) >= 11 is 1.34. The van der Waals surface area contributed by atoms with Crippen LogP contribution in [0.4, 0.5) is 5.13 Å². The first-order valence-corrected chi connectivity index (χ1v) is 8.19. The van der Waals surface area contributed by atoms with Gasteiger partial charge in [-0.25, -0.2) is 4.98 Å². The molecule has 0 saturated carbocycles. The van der Waals surface area contributed by atoms with Crippen LogP contribution in [-0.4, -0.2) is 29.4 Å². The lowest BCUT2D eigenvalue weighted by atomic mass is 10.1. The second-order valence-corrected chi connectivity index (χ2v) is 6.30. The number of hydrogen-bond acceptors (Lipinski definition) is 5. The smallest absolute Gasteiger partial charge is 0.245 e. The maximum atomic E-state index is 11.9. The van der Waals surface area contributed by atoms with Gasteiger partial charge in [0.15, 0.2) is 5.13 Å². The van der Waals surface area contributed by atoms with Gasteiger partial charge in [0.1, 0.15) is 0 Å². The van der Waals surface area contributed by atoms with Crippen LogP contribution >= 0.6 is 11.3 Å². The molecule has 0 aliphatic rings. The zero-order chi connectivity index (χ0) is 16.8. The van der Waals surface area contributed by atoms with Crippen molar-refractivity contribution in [1.82, 2.24) is 10.3 Å². The van der Waals surface area contributed by atoms with Crippen LogP contribution in [0, 0.1) is 5.92 Å². The van der Waals surface area contributed by atoms with Crippen molar-refractivity contribution in [2.45, 2.75) is 19.9 Å². The van der Waals surface area contributed by atoms with Gasteiger partial charge in [-0.2, -0.15) is 0 Å². The van der Waals surface area contributed by atoms with Crippen LogP contribution in [0.1, 0.15) is 13.8 Å². The third-order valence-electron chi connectivity index (χ3n) is 3.26. The summed E-state index contributed by atoms with van der Waals surface area (Å²) in [6.45, 7) is 3.58. The van der Waals surface area contributed by atoms with E-state index in [2.05, 4.69) is 15.6 Å². The number of rotatable bonds is 6. The fraction of sp³-hybridized carbons (Fsp3) is 0.312. The van der Waals surface area contributed by atoms with Crippen molar-refractivity contribution >= 4 is 28.3 Å². The number of benzene rings is 1. The van der Waals surface area contributed by atoms with E-state index in [1.165, 1.54) is 11.3 Å². The summed E-state index contributed by atoms with van der Waals surface area (Å²) in [5.74, 6) is -0.645. The quantitative estimate of drug-likeness (QED) is 0.752. The molecule has 1 aromatic carbocycles. The minimum Gasteiger partial charge on any atom is -0.346 e. The SMILES string of the molecule is CC(C)[C@H](N)C(=O)NCC(=O)Nc1nc(-c2ccccc2)cs1. The number of nitrogens with zero attached hydrogens (tertiary/aromatic N) is 1. The molecule has 0 fully saturated rings. The Hall–Kier alpha value is -2.25. The fourth-order valence-electron chi connectivity index (χ4n) is 1.82. The zero-order valence-corrected chi connectivity index (χ0v) is 13.9. The van der Waals surface area contributed by atoms with E-state index < -0.39 is 6.04 Å². The predicted octanol–water partition coefficient (Wildman–Crippen LogP) is 1.85. The van der Waals surface area contributed by atoms with Gasteiger partial charge >= 0.3 is 0 Å². The normalized spacial score (nSPS) is 12.0. The molecule has 0 saturated heterocycles. The first-order chi connectivity index (χ1) is 11.0. The number of thiazole rings is 1. The average Bonchev–Trinajstić information content (AvgIpc) is 3.01. The van der Waals surface area contributed by atoms with Gasteiger partial charge in [-0.15, -0.1) is 11.3 Å². The van der Waals surface area contributed by atoms with Crippen LogP contribution in [0.25, 0.3) is 11.3 Å². The Kier molecular flexibility index (Phi) is 5.84. The Labute approximate surface area is 139 Å². The van der Waals surface area contributed by atoms with Crippen molar-refractivity contribution < 1.29 is 9.59 Å². The number of amides is 2. The fourth-order valence-corrected chi connectivity index (χ4v) is 2.56. The molecule has 1 atom stereocenters. The summed E-state index contributed by atoms with van der Waals surface area (Å²) in [6.07, 6.45) is 0. The maximum absolute atomic E-state index is 11.9. The van der Waals surface area contributed by atoms with Crippen LogP contribution in [0.5, 0.6) is 0 Å². The highest BCUT2D eigenvalue weighted by molar-refractivity contribution is 7.14. The summed E-state index contributed by atoms with van der Waals surface area (Å²) in [6, 6.07) is 9.08. The number of carbonyl (C=O) groups is 2. The first-order valence-electron chi connectivity index (χ1n) is 7.31. The highest BCUT2D eigenvalue weighted by atomic mass is 32.1. The van der Waals surface area contributed by atoms with Crippen LogP contribution in [0.15, 0.2) is 35.7 Å². The van der Waals surface area contributed by atoms with Crippen LogP contribution in [-0.2, 0) is 9.59 Å². The summed E-state index contributed by atoms with van der Waals surface area (Å²) < 4.78 is 0. The lowest BCUT2D eigenvalue weighted by Crippen LogP contribution is -2.46. The maximum Gasteiger partial charge on any atom is 0.245 e. The molecular formula is C16H20N4O2S. The lowest BCUT2D eigenvalue weighted by molar-refractivity contribution is -0.125. The Morgan fingerprint density at radius 3 is 2.61 bits per heavy atom. The molecule has 122 valence electrons. The molecule has 0 aliphatic carbocycles. The Morgan fingerprint density at radius 2 is 1.96 bits per heavy atom. The molecule has 6 nitrogen and oxygen atoms in total. The Morgan fingerprint density at radius 1 is 1.26 bits per heavy atom. The number of carbonyl (C=O) groups excluding carboxylic acids is 2. The Balaban J connectivity index is 1.87. The largest absolute Gasteiger partial charge is 0.346 e. The third-order valence-corrected chi connectivity index (χ3v) is 4.02. The van der Waals surface area contributed by atoms with Crippen molar-refractivity contribution in [1.29, 1.82) is 0 Å². The van der Waals surface area contributed by atoms with Gasteiger partial charge in [0, 0.05) is 10.9 Å². The first kappa shape index (κ1) is 17.1. The highest BCUT2D eigenvalue weighted by Crippen LogP contribution is 2.24. The monoisotopic (exact) mass is 332 g/mol. The van der Waals surface area contributed by atoms with Crippen molar-refractivity contribution in [3.8, 4) is 11.3 Å². The molecule has 2 rings (SSSR count). The molecule has 1 aromatic heterocycles. The topological polar surface area (TPSA) is 97.1 Å². The van der Waals surface area contributed by atoms with E-state index in [0.29, 0.717) is 5.13 Å². The minimum absolute atomic E-state index is 0.0189. The van der Waals surface area contributed by atoms with Gasteiger partial charge in [-0.05, 0) is 5.92 Å². The van der Waals surface area contributed by atoms with E-state index in [1.54, 1.807) is 0 Å². The third kappa shape index (κ3) is 4.87. The number of nitrogens with two attached hydrogens (primary N) is 1. The van der Waals surface area contributed by atoms with E-state index in [4.69, 9.17) is 5.73 Å². The molecule has 0 bridgehead atoms. The molecule has 2 aromatic rings. The van der Waals surface area contributed by atoms with Crippen molar-refractivity contribution in [2.75, 3.05) is 11.9 Å². The molecule has 23 heavy (non-hydrogen) atoms. The zero-order valence-electron chi connectivity index (χ0n) is 13.1. The van der Waals surface area contributed by atoms with Crippen LogP contribution in [0.3, 0.4) is 0 Å². The number of hydrogen-bond donors (Lipinski definition) is 3. The van der Waals surface area contributed by atoms with Crippen molar-refractivity contribution in [2.24, 2.45) is 11.7 Å². The van der Waals surface area contributed by atoms with Gasteiger partial charge in [-0.3, -0.25) is 9.59 Å². The molecule has 0 radical (unpaired) electrons. The van der Waals surface area contributed by atoms with E-state index in [1.807, 2.05) is 49.6 Å². The highest BCUT2D eigenvalue weighted by Gasteiger charge is 2.17. The van der Waals surface area contributed by atoms with Crippen molar-refractivity contribution in [3.05, 3.63) is 35.7 Å². The van der Waals surface area contributed by atoms with E-state index in [-0.39, 0.29) is 24.3 Å². The average molecular weight is 332 g/mol. The van der Waals surface area contributed by atoms with Gasteiger partial charge < -0.3 is 16.4 Å². The van der Waals surface area contributed by atoms with Gasteiger partial charge in [0.2, 0.25) is 11.8 Å². The Bertz CT molecular complexity index is 670. The van der Waals surface area contributed by atoms with Gasteiger partial charge in [-0.1, -0.05) is 44.2 Å². The van der Waals surface area contributed by atoms with Crippen LogP contribution < -0.4 is 16.4 Å².